The molecule has 0 aliphatic carbocycles. The van der Waals surface area contributed by atoms with Gasteiger partial charge in [0, 0.05) is 5.56 Å². The lowest BCUT2D eigenvalue weighted by Gasteiger charge is -2.15. The largest absolute Gasteiger partial charge is 0.488 e. The summed E-state index contributed by atoms with van der Waals surface area (Å²) in [6, 6.07) is 2.86. The number of carbonyl (C=O) groups is 2. The number of carboxylic acid groups (broad SMARTS) is 1. The molecule has 1 heterocycles. The first-order valence-electron chi connectivity index (χ1n) is 4.39. The van der Waals surface area contributed by atoms with Crippen LogP contribution in [0.4, 0.5) is 0 Å². The number of ether oxygens (including phenoxy) is 1. The Balaban J connectivity index is 2.69. The van der Waals surface area contributed by atoms with Crippen LogP contribution in [0.1, 0.15) is 26.3 Å². The fraction of sp³-hybridized carbons (Fsp3) is 0.0909. The topological polar surface area (TPSA) is 63.6 Å². The van der Waals surface area contributed by atoms with E-state index in [1.165, 1.54) is 12.1 Å². The van der Waals surface area contributed by atoms with Gasteiger partial charge in [-0.25, -0.2) is 4.79 Å². The molecule has 0 spiro atoms. The molecule has 1 N–H and O–H groups in total. The highest BCUT2D eigenvalue weighted by atomic mass is 16.5. The van der Waals surface area contributed by atoms with Crippen LogP contribution in [0.5, 0.6) is 5.75 Å². The number of aldehydes is 1. The number of benzene rings is 1. The lowest BCUT2D eigenvalue weighted by atomic mass is 10.0. The van der Waals surface area contributed by atoms with E-state index in [0.717, 1.165) is 0 Å². The Hall–Kier alpha value is -2.10. The van der Waals surface area contributed by atoms with Gasteiger partial charge in [-0.05, 0) is 18.2 Å². The highest BCUT2D eigenvalue weighted by Gasteiger charge is 2.18. The summed E-state index contributed by atoms with van der Waals surface area (Å²) in [5, 5.41) is 8.93. The van der Waals surface area contributed by atoms with Crippen LogP contribution in [0.25, 0.3) is 6.08 Å². The van der Waals surface area contributed by atoms with Crippen molar-refractivity contribution in [3.8, 4) is 5.75 Å². The van der Waals surface area contributed by atoms with Crippen LogP contribution in [0.2, 0.25) is 0 Å². The van der Waals surface area contributed by atoms with Gasteiger partial charge in [-0.2, -0.15) is 0 Å². The molecule has 76 valence electrons. The van der Waals surface area contributed by atoms with Gasteiger partial charge >= 0.3 is 5.97 Å². The molecule has 1 aliphatic rings. The van der Waals surface area contributed by atoms with Gasteiger partial charge < -0.3 is 9.84 Å². The third-order valence-corrected chi connectivity index (χ3v) is 2.19. The summed E-state index contributed by atoms with van der Waals surface area (Å²) in [6.07, 6.45) is 4.03. The van der Waals surface area contributed by atoms with E-state index in [4.69, 9.17) is 9.84 Å². The van der Waals surface area contributed by atoms with Gasteiger partial charge in [0.2, 0.25) is 0 Å². The highest BCUT2D eigenvalue weighted by molar-refractivity contribution is 5.96. The summed E-state index contributed by atoms with van der Waals surface area (Å²) in [5.41, 5.74) is 0.976. The second-order valence-corrected chi connectivity index (χ2v) is 3.08. The van der Waals surface area contributed by atoms with E-state index in [2.05, 4.69) is 0 Å². The number of carboxylic acids is 1. The molecule has 0 saturated heterocycles. The standard InChI is InChI=1S/C11H8O4/c12-6-7-3-4-9(11(13)14)8-2-1-5-15-10(7)8/h1-4,6H,5H2,(H,13,14). The van der Waals surface area contributed by atoms with Crippen molar-refractivity contribution in [1.29, 1.82) is 0 Å². The zero-order valence-corrected chi connectivity index (χ0v) is 7.77. The molecule has 4 nitrogen and oxygen atoms in total. The normalized spacial score (nSPS) is 12.8. The van der Waals surface area contributed by atoms with Crippen molar-refractivity contribution in [1.82, 2.24) is 0 Å². The van der Waals surface area contributed by atoms with Crippen LogP contribution in [-0.2, 0) is 0 Å². The van der Waals surface area contributed by atoms with Crippen molar-refractivity contribution in [3.05, 3.63) is 34.9 Å². The van der Waals surface area contributed by atoms with Gasteiger partial charge in [-0.3, -0.25) is 4.79 Å². The first kappa shape index (κ1) is 9.45. The predicted octanol–water partition coefficient (Wildman–Crippen LogP) is 1.60. The molecule has 0 aromatic heterocycles. The summed E-state index contributed by atoms with van der Waals surface area (Å²) in [7, 11) is 0. The molecule has 0 amide bonds. The maximum absolute atomic E-state index is 10.9. The second kappa shape index (κ2) is 3.57. The van der Waals surface area contributed by atoms with Gasteiger partial charge in [-0.15, -0.1) is 0 Å². The molecule has 0 saturated carbocycles. The van der Waals surface area contributed by atoms with Gasteiger partial charge in [0.15, 0.2) is 6.29 Å². The van der Waals surface area contributed by atoms with Crippen molar-refractivity contribution < 1.29 is 19.4 Å². The monoisotopic (exact) mass is 204 g/mol. The number of fused-ring (bicyclic) bond motifs is 1. The minimum atomic E-state index is -1.03. The number of rotatable bonds is 2. The third-order valence-electron chi connectivity index (χ3n) is 2.19. The fourth-order valence-electron chi connectivity index (χ4n) is 1.52. The smallest absolute Gasteiger partial charge is 0.336 e. The molecule has 4 heteroatoms. The molecule has 0 unspecified atom stereocenters. The Kier molecular flexibility index (Phi) is 2.25. The van der Waals surface area contributed by atoms with Gasteiger partial charge in [0.05, 0.1) is 11.1 Å². The van der Waals surface area contributed by atoms with Crippen LogP contribution in [0.3, 0.4) is 0 Å². The van der Waals surface area contributed by atoms with E-state index < -0.39 is 5.97 Å². The quantitative estimate of drug-likeness (QED) is 0.743. The van der Waals surface area contributed by atoms with Crippen LogP contribution < -0.4 is 4.74 Å². The van der Waals surface area contributed by atoms with Crippen molar-refractivity contribution in [2.24, 2.45) is 0 Å². The van der Waals surface area contributed by atoms with Gasteiger partial charge in [-0.1, -0.05) is 6.08 Å². The van der Waals surface area contributed by atoms with E-state index in [0.29, 0.717) is 29.8 Å². The SMILES string of the molecule is O=Cc1ccc(C(=O)O)c2c1OCC=C2. The number of hydrogen-bond donors (Lipinski definition) is 1. The molecule has 1 aliphatic heterocycles. The summed E-state index contributed by atoms with van der Waals surface area (Å²) >= 11 is 0. The maximum atomic E-state index is 10.9. The van der Waals surface area contributed by atoms with Crippen LogP contribution in [-0.4, -0.2) is 24.0 Å². The minimum Gasteiger partial charge on any atom is -0.488 e. The summed E-state index contributed by atoms with van der Waals surface area (Å²) in [4.78, 5) is 21.6. The molecule has 0 bridgehead atoms. The van der Waals surface area contributed by atoms with Crippen LogP contribution >= 0.6 is 0 Å². The van der Waals surface area contributed by atoms with E-state index >= 15 is 0 Å². The lowest BCUT2D eigenvalue weighted by molar-refractivity contribution is 0.0695. The van der Waals surface area contributed by atoms with E-state index in [1.54, 1.807) is 12.2 Å². The molecule has 1 aromatic rings. The van der Waals surface area contributed by atoms with Crippen molar-refractivity contribution in [2.75, 3.05) is 6.61 Å². The molecule has 1 aromatic carbocycles. The van der Waals surface area contributed by atoms with Gasteiger partial charge in [0.1, 0.15) is 12.4 Å². The van der Waals surface area contributed by atoms with Crippen LogP contribution in [0.15, 0.2) is 18.2 Å². The Labute approximate surface area is 85.8 Å². The Morgan fingerprint density at radius 2 is 2.27 bits per heavy atom. The summed E-state index contributed by atoms with van der Waals surface area (Å²) < 4.78 is 5.25. The fourth-order valence-corrected chi connectivity index (χ4v) is 1.52. The molecule has 0 atom stereocenters. The van der Waals surface area contributed by atoms with E-state index in [-0.39, 0.29) is 5.56 Å². The predicted molar refractivity (Wildman–Crippen MR) is 53.3 cm³/mol. The Morgan fingerprint density at radius 3 is 2.93 bits per heavy atom. The Morgan fingerprint density at radius 1 is 1.47 bits per heavy atom. The zero-order valence-electron chi connectivity index (χ0n) is 7.77. The molecular formula is C11H8O4. The minimum absolute atomic E-state index is 0.145. The third kappa shape index (κ3) is 1.50. The van der Waals surface area contributed by atoms with E-state index in [9.17, 15) is 9.59 Å². The van der Waals surface area contributed by atoms with Crippen molar-refractivity contribution >= 4 is 18.3 Å². The first-order valence-corrected chi connectivity index (χ1v) is 4.39. The Bertz CT molecular complexity index is 460. The number of carbonyl (C=O) groups excluding carboxylic acids is 1. The summed E-state index contributed by atoms with van der Waals surface area (Å²) in [5.74, 6) is -0.675. The number of aromatic carboxylic acids is 1. The van der Waals surface area contributed by atoms with E-state index in [1.807, 2.05) is 0 Å². The lowest BCUT2D eigenvalue weighted by Crippen LogP contribution is -2.08. The number of hydrogen-bond acceptors (Lipinski definition) is 3. The highest BCUT2D eigenvalue weighted by Crippen LogP contribution is 2.30. The summed E-state index contributed by atoms with van der Waals surface area (Å²) in [6.45, 7) is 0.358. The van der Waals surface area contributed by atoms with Crippen molar-refractivity contribution in [3.63, 3.8) is 0 Å². The maximum Gasteiger partial charge on any atom is 0.336 e. The average molecular weight is 204 g/mol. The first-order chi connectivity index (χ1) is 7.24. The van der Waals surface area contributed by atoms with Gasteiger partial charge in [0.25, 0.3) is 0 Å². The van der Waals surface area contributed by atoms with Crippen molar-refractivity contribution in [2.45, 2.75) is 0 Å². The molecule has 15 heavy (non-hydrogen) atoms. The molecule has 0 fully saturated rings. The zero-order chi connectivity index (χ0) is 10.8. The molecular weight excluding hydrogens is 196 g/mol. The second-order valence-electron chi connectivity index (χ2n) is 3.08. The average Bonchev–Trinajstić information content (AvgIpc) is 2.27. The molecule has 0 radical (unpaired) electrons. The van der Waals surface area contributed by atoms with Crippen LogP contribution in [0, 0.1) is 0 Å². The molecule has 2 rings (SSSR count).